The molecule has 1 atom stereocenters. The van der Waals surface area contributed by atoms with Crippen molar-refractivity contribution >= 4 is 40.1 Å². The van der Waals surface area contributed by atoms with Crippen LogP contribution in [0.1, 0.15) is 36.1 Å². The molecule has 0 aliphatic carbocycles. The first-order valence-electron chi connectivity index (χ1n) is 11.6. The van der Waals surface area contributed by atoms with Crippen molar-refractivity contribution in [2.45, 2.75) is 19.9 Å². The number of carbonyl (C=O) groups excluding carboxylic acids is 1. The van der Waals surface area contributed by atoms with Gasteiger partial charge in [0.05, 0.1) is 27.7 Å². The summed E-state index contributed by atoms with van der Waals surface area (Å²) >= 11 is 6.40. The fraction of sp³-hybridized carbons (Fsp3) is 0.107. The highest BCUT2D eigenvalue weighted by molar-refractivity contribution is 6.35. The molecule has 0 bridgehead atoms. The van der Waals surface area contributed by atoms with Crippen molar-refractivity contribution in [2.75, 3.05) is 11.1 Å². The Morgan fingerprint density at radius 2 is 1.78 bits per heavy atom. The summed E-state index contributed by atoms with van der Waals surface area (Å²) < 4.78 is 1.55. The van der Waals surface area contributed by atoms with Gasteiger partial charge in [-0.2, -0.15) is 4.98 Å². The zero-order chi connectivity index (χ0) is 26.1. The van der Waals surface area contributed by atoms with Gasteiger partial charge in [0.2, 0.25) is 5.95 Å². The minimum absolute atomic E-state index is 0.0491. The number of para-hydroxylation sites is 1. The van der Waals surface area contributed by atoms with E-state index in [-0.39, 0.29) is 17.3 Å². The number of rotatable bonds is 6. The normalized spacial score (nSPS) is 11.9. The first kappa shape index (κ1) is 24.1. The molecule has 37 heavy (non-hydrogen) atoms. The molecule has 0 radical (unpaired) electrons. The van der Waals surface area contributed by atoms with Gasteiger partial charge in [0.25, 0.3) is 5.56 Å². The molecule has 5 aromatic rings. The largest absolute Gasteiger partial charge is 0.368 e. The Labute approximate surface area is 217 Å². The van der Waals surface area contributed by atoms with Crippen LogP contribution in [-0.4, -0.2) is 25.3 Å². The summed E-state index contributed by atoms with van der Waals surface area (Å²) in [4.78, 5) is 39.1. The maximum absolute atomic E-state index is 13.7. The number of fused-ring (bicyclic) bond motifs is 1. The van der Waals surface area contributed by atoms with Crippen LogP contribution in [0, 0.1) is 0 Å². The van der Waals surface area contributed by atoms with E-state index >= 15 is 0 Å². The lowest BCUT2D eigenvalue weighted by molar-refractivity contribution is 0.101. The van der Waals surface area contributed by atoms with Crippen LogP contribution >= 0.6 is 11.6 Å². The highest BCUT2D eigenvalue weighted by Crippen LogP contribution is 2.31. The standard InChI is InChI=1S/C28H23ClN6O2/c1-16(32-25-21(15-31-28(30)34-25)19-9-6-8-18(14-19)17(2)36)26-33-23-13-7-12-22(29)24(23)27(37)35(26)20-10-4-3-5-11-20/h3-16H,1-2H3,(H3,30,31,32,34)/t16-/m0/s1. The van der Waals surface area contributed by atoms with Crippen molar-refractivity contribution in [1.29, 1.82) is 0 Å². The van der Waals surface area contributed by atoms with Gasteiger partial charge in [0.1, 0.15) is 11.6 Å². The average Bonchev–Trinajstić information content (AvgIpc) is 2.89. The van der Waals surface area contributed by atoms with Crippen LogP contribution in [0.4, 0.5) is 11.8 Å². The van der Waals surface area contributed by atoms with E-state index in [4.69, 9.17) is 22.3 Å². The number of nitrogen functional groups attached to an aromatic ring is 1. The quantitative estimate of drug-likeness (QED) is 0.291. The molecule has 2 aromatic heterocycles. The summed E-state index contributed by atoms with van der Waals surface area (Å²) in [5, 5.41) is 4.04. The molecule has 3 N–H and O–H groups in total. The second-order valence-corrected chi connectivity index (χ2v) is 8.98. The Hall–Kier alpha value is -4.56. The second-order valence-electron chi connectivity index (χ2n) is 8.57. The third kappa shape index (κ3) is 4.66. The summed E-state index contributed by atoms with van der Waals surface area (Å²) in [5.74, 6) is 0.944. The van der Waals surface area contributed by atoms with E-state index in [2.05, 4.69) is 15.3 Å². The van der Waals surface area contributed by atoms with E-state index in [9.17, 15) is 9.59 Å². The lowest BCUT2D eigenvalue weighted by atomic mass is 10.0. The van der Waals surface area contributed by atoms with Gasteiger partial charge >= 0.3 is 0 Å². The van der Waals surface area contributed by atoms with E-state index in [1.807, 2.05) is 43.3 Å². The molecule has 0 saturated heterocycles. The summed E-state index contributed by atoms with van der Waals surface area (Å²) in [5.41, 5.74) is 8.78. The molecule has 184 valence electrons. The zero-order valence-corrected chi connectivity index (χ0v) is 20.9. The summed E-state index contributed by atoms with van der Waals surface area (Å²) in [7, 11) is 0. The van der Waals surface area contributed by atoms with Crippen LogP contribution in [0.15, 0.2) is 83.8 Å². The van der Waals surface area contributed by atoms with Crippen molar-refractivity contribution in [1.82, 2.24) is 19.5 Å². The van der Waals surface area contributed by atoms with Crippen molar-refractivity contribution in [3.8, 4) is 16.8 Å². The molecule has 0 fully saturated rings. The van der Waals surface area contributed by atoms with Gasteiger partial charge in [-0.05, 0) is 49.7 Å². The number of hydrogen-bond donors (Lipinski definition) is 2. The Bertz CT molecular complexity index is 1700. The number of nitrogens with two attached hydrogens (primary N) is 1. The Balaban J connectivity index is 1.66. The SMILES string of the molecule is CC(=O)c1cccc(-c2cnc(N)nc2N[C@@H](C)c2nc3cccc(Cl)c3c(=O)n2-c2ccccc2)c1. The highest BCUT2D eigenvalue weighted by Gasteiger charge is 2.21. The average molecular weight is 511 g/mol. The van der Waals surface area contributed by atoms with E-state index in [0.717, 1.165) is 5.56 Å². The van der Waals surface area contributed by atoms with Gasteiger partial charge in [0.15, 0.2) is 5.78 Å². The topological polar surface area (TPSA) is 116 Å². The minimum atomic E-state index is -0.486. The van der Waals surface area contributed by atoms with Crippen molar-refractivity contribution in [3.05, 3.63) is 106 Å². The number of carbonyl (C=O) groups is 1. The smallest absolute Gasteiger partial charge is 0.267 e. The molecule has 0 aliphatic rings. The number of anilines is 2. The van der Waals surface area contributed by atoms with Crippen LogP contribution in [0.25, 0.3) is 27.7 Å². The number of hydrogen-bond acceptors (Lipinski definition) is 7. The molecule has 5 rings (SSSR count). The summed E-state index contributed by atoms with van der Waals surface area (Å²) in [6, 6.07) is 21.2. The molecular weight excluding hydrogens is 488 g/mol. The lowest BCUT2D eigenvalue weighted by Crippen LogP contribution is -2.27. The predicted octanol–water partition coefficient (Wildman–Crippen LogP) is 5.45. The number of nitrogens with zero attached hydrogens (tertiary/aromatic N) is 4. The third-order valence-corrected chi connectivity index (χ3v) is 6.33. The molecule has 0 spiro atoms. The Morgan fingerprint density at radius 3 is 2.54 bits per heavy atom. The van der Waals surface area contributed by atoms with Crippen LogP contribution < -0.4 is 16.6 Å². The van der Waals surface area contributed by atoms with Gasteiger partial charge in [-0.1, -0.05) is 54.1 Å². The van der Waals surface area contributed by atoms with E-state index in [0.29, 0.717) is 44.4 Å². The number of benzene rings is 3. The minimum Gasteiger partial charge on any atom is -0.368 e. The fourth-order valence-corrected chi connectivity index (χ4v) is 4.47. The maximum atomic E-state index is 13.7. The zero-order valence-electron chi connectivity index (χ0n) is 20.1. The van der Waals surface area contributed by atoms with E-state index in [1.165, 1.54) is 6.92 Å². The Kier molecular flexibility index (Phi) is 6.42. The predicted molar refractivity (Wildman–Crippen MR) is 146 cm³/mol. The first-order valence-corrected chi connectivity index (χ1v) is 12.0. The third-order valence-electron chi connectivity index (χ3n) is 6.02. The van der Waals surface area contributed by atoms with Crippen LogP contribution in [0.5, 0.6) is 0 Å². The van der Waals surface area contributed by atoms with Crippen molar-refractivity contribution in [2.24, 2.45) is 0 Å². The van der Waals surface area contributed by atoms with Gasteiger partial charge in [-0.25, -0.2) is 9.97 Å². The molecule has 8 nitrogen and oxygen atoms in total. The second kappa shape index (κ2) is 9.83. The number of halogens is 1. The van der Waals surface area contributed by atoms with Crippen molar-refractivity contribution < 1.29 is 4.79 Å². The van der Waals surface area contributed by atoms with Gasteiger partial charge in [-0.3, -0.25) is 14.2 Å². The molecule has 3 aromatic carbocycles. The van der Waals surface area contributed by atoms with Crippen LogP contribution in [0.3, 0.4) is 0 Å². The molecule has 0 aliphatic heterocycles. The highest BCUT2D eigenvalue weighted by atomic mass is 35.5. The van der Waals surface area contributed by atoms with E-state index in [1.54, 1.807) is 47.2 Å². The number of ketones is 1. The van der Waals surface area contributed by atoms with Gasteiger partial charge < -0.3 is 11.1 Å². The summed E-state index contributed by atoms with van der Waals surface area (Å²) in [6.45, 7) is 3.39. The molecule has 2 heterocycles. The van der Waals surface area contributed by atoms with Crippen LogP contribution in [0.2, 0.25) is 5.02 Å². The molecule has 0 amide bonds. The number of Topliss-reactive ketones (excluding diaryl/α,β-unsaturated/α-hetero) is 1. The number of nitrogens with one attached hydrogen (secondary N) is 1. The first-order chi connectivity index (χ1) is 17.8. The molecule has 9 heteroatoms. The fourth-order valence-electron chi connectivity index (χ4n) is 4.22. The van der Waals surface area contributed by atoms with E-state index < -0.39 is 6.04 Å². The molecular formula is C28H23ClN6O2. The summed E-state index contributed by atoms with van der Waals surface area (Å²) in [6.07, 6.45) is 1.61. The Morgan fingerprint density at radius 1 is 1.03 bits per heavy atom. The van der Waals surface area contributed by atoms with Gasteiger partial charge in [0, 0.05) is 17.3 Å². The maximum Gasteiger partial charge on any atom is 0.267 e. The van der Waals surface area contributed by atoms with Crippen molar-refractivity contribution in [3.63, 3.8) is 0 Å². The van der Waals surface area contributed by atoms with Crippen LogP contribution in [-0.2, 0) is 0 Å². The van der Waals surface area contributed by atoms with Gasteiger partial charge in [-0.15, -0.1) is 0 Å². The molecule has 0 saturated carbocycles. The lowest BCUT2D eigenvalue weighted by Gasteiger charge is -2.21. The monoisotopic (exact) mass is 510 g/mol. The molecule has 0 unspecified atom stereocenters. The number of aromatic nitrogens is 4.